The Balaban J connectivity index is 2.08. The summed E-state index contributed by atoms with van der Waals surface area (Å²) in [5.41, 5.74) is 0.946. The van der Waals surface area contributed by atoms with Crippen molar-refractivity contribution in [1.29, 1.82) is 0 Å². The molecule has 0 unspecified atom stereocenters. The first-order valence-corrected chi connectivity index (χ1v) is 6.22. The zero-order valence-electron chi connectivity index (χ0n) is 11.3. The number of aromatic nitrogens is 2. The van der Waals surface area contributed by atoms with Crippen LogP contribution in [0.25, 0.3) is 0 Å². The molecule has 0 aliphatic heterocycles. The molecule has 8 heteroatoms. The number of anilines is 1. The van der Waals surface area contributed by atoms with Gasteiger partial charge in [0, 0.05) is 18.8 Å². The molecule has 1 heterocycles. The molecule has 0 aliphatic carbocycles. The molecular formula is C13H14N4O4. The van der Waals surface area contributed by atoms with E-state index < -0.39 is 10.9 Å². The summed E-state index contributed by atoms with van der Waals surface area (Å²) in [4.78, 5) is 21.2. The molecule has 0 spiro atoms. The highest BCUT2D eigenvalue weighted by atomic mass is 16.6. The van der Waals surface area contributed by atoms with E-state index >= 15 is 0 Å². The number of aryl methyl sites for hydroxylation is 1. The number of nitro groups is 1. The van der Waals surface area contributed by atoms with E-state index in [9.17, 15) is 14.9 Å². The van der Waals surface area contributed by atoms with E-state index in [1.807, 2.05) is 13.1 Å². The lowest BCUT2D eigenvalue weighted by Crippen LogP contribution is -2.12. The lowest BCUT2D eigenvalue weighted by Gasteiger charge is -2.08. The number of carboxylic acids is 1. The minimum absolute atomic E-state index is 0.116. The Morgan fingerprint density at radius 3 is 2.86 bits per heavy atom. The number of hydrogen-bond acceptors (Lipinski definition) is 5. The number of benzene rings is 1. The summed E-state index contributed by atoms with van der Waals surface area (Å²) in [6.45, 7) is 2.91. The molecule has 0 atom stereocenters. The summed E-state index contributed by atoms with van der Waals surface area (Å²) in [6, 6.07) is 3.77. The maximum atomic E-state index is 11.0. The summed E-state index contributed by atoms with van der Waals surface area (Å²) in [7, 11) is 0. The zero-order chi connectivity index (χ0) is 15.4. The van der Waals surface area contributed by atoms with Gasteiger partial charge in [-0.15, -0.1) is 0 Å². The topological polar surface area (TPSA) is 110 Å². The van der Waals surface area contributed by atoms with E-state index in [1.165, 1.54) is 12.1 Å². The monoisotopic (exact) mass is 290 g/mol. The molecule has 0 saturated heterocycles. The van der Waals surface area contributed by atoms with Crippen LogP contribution in [0.15, 0.2) is 30.6 Å². The standard InChI is InChI=1S/C13H14N4O4/c1-9-7-15-16(8-9)5-4-14-11-3-2-10(13(18)19)6-12(11)17(20)21/h2-3,6-8,14H,4-5H2,1H3,(H,18,19). The molecule has 21 heavy (non-hydrogen) atoms. The van der Waals surface area contributed by atoms with Gasteiger partial charge in [0.25, 0.3) is 5.69 Å². The predicted octanol–water partition coefficient (Wildman–Crippen LogP) is 1.91. The van der Waals surface area contributed by atoms with Crippen molar-refractivity contribution in [3.63, 3.8) is 0 Å². The van der Waals surface area contributed by atoms with Crippen LogP contribution in [0.2, 0.25) is 0 Å². The Kier molecular flexibility index (Phi) is 4.17. The Labute approximate surface area is 120 Å². The highest BCUT2D eigenvalue weighted by Gasteiger charge is 2.16. The van der Waals surface area contributed by atoms with Crippen molar-refractivity contribution in [3.8, 4) is 0 Å². The summed E-state index contributed by atoms with van der Waals surface area (Å²) in [6.07, 6.45) is 3.59. The zero-order valence-corrected chi connectivity index (χ0v) is 11.3. The van der Waals surface area contributed by atoms with Crippen LogP contribution in [0.5, 0.6) is 0 Å². The van der Waals surface area contributed by atoms with Gasteiger partial charge in [-0.05, 0) is 24.6 Å². The van der Waals surface area contributed by atoms with Gasteiger partial charge in [0.2, 0.25) is 0 Å². The number of carbonyl (C=O) groups is 1. The van der Waals surface area contributed by atoms with Gasteiger partial charge < -0.3 is 10.4 Å². The second-order valence-electron chi connectivity index (χ2n) is 4.50. The van der Waals surface area contributed by atoms with E-state index in [1.54, 1.807) is 10.9 Å². The van der Waals surface area contributed by atoms with Gasteiger partial charge in [0.05, 0.1) is 23.2 Å². The Morgan fingerprint density at radius 2 is 2.29 bits per heavy atom. The molecule has 0 saturated carbocycles. The fourth-order valence-electron chi connectivity index (χ4n) is 1.86. The maximum absolute atomic E-state index is 11.0. The van der Waals surface area contributed by atoms with Crippen molar-refractivity contribution in [2.45, 2.75) is 13.5 Å². The first kappa shape index (κ1) is 14.5. The normalized spacial score (nSPS) is 10.3. The highest BCUT2D eigenvalue weighted by Crippen LogP contribution is 2.25. The lowest BCUT2D eigenvalue weighted by molar-refractivity contribution is -0.384. The minimum atomic E-state index is -1.20. The van der Waals surface area contributed by atoms with E-state index in [0.717, 1.165) is 11.6 Å². The Bertz CT molecular complexity index is 681. The predicted molar refractivity (Wildman–Crippen MR) is 75.5 cm³/mol. The van der Waals surface area contributed by atoms with Crippen molar-refractivity contribution in [2.24, 2.45) is 0 Å². The van der Waals surface area contributed by atoms with Gasteiger partial charge in [0.15, 0.2) is 0 Å². The summed E-state index contributed by atoms with van der Waals surface area (Å²) in [5.74, 6) is -1.20. The number of aromatic carboxylic acids is 1. The van der Waals surface area contributed by atoms with Gasteiger partial charge in [-0.2, -0.15) is 5.10 Å². The number of hydrogen-bond donors (Lipinski definition) is 2. The average Bonchev–Trinajstić information content (AvgIpc) is 2.84. The largest absolute Gasteiger partial charge is 0.478 e. The van der Waals surface area contributed by atoms with Crippen LogP contribution in [-0.2, 0) is 6.54 Å². The SMILES string of the molecule is Cc1cnn(CCNc2ccc(C(=O)O)cc2[N+](=O)[O-])c1. The number of rotatable bonds is 6. The van der Waals surface area contributed by atoms with Crippen LogP contribution in [0.4, 0.5) is 11.4 Å². The first-order valence-electron chi connectivity index (χ1n) is 6.22. The number of nitrogens with one attached hydrogen (secondary N) is 1. The molecule has 2 rings (SSSR count). The third-order valence-electron chi connectivity index (χ3n) is 2.86. The molecule has 0 aliphatic rings. The molecule has 0 radical (unpaired) electrons. The molecule has 1 aromatic heterocycles. The van der Waals surface area contributed by atoms with Crippen molar-refractivity contribution >= 4 is 17.3 Å². The second kappa shape index (κ2) is 6.04. The first-order chi connectivity index (χ1) is 9.97. The molecule has 1 aromatic carbocycles. The Morgan fingerprint density at radius 1 is 1.52 bits per heavy atom. The Hall–Kier alpha value is -2.90. The van der Waals surface area contributed by atoms with Gasteiger partial charge >= 0.3 is 5.97 Å². The van der Waals surface area contributed by atoms with Crippen molar-refractivity contribution in [1.82, 2.24) is 9.78 Å². The van der Waals surface area contributed by atoms with Gasteiger partial charge in [-0.25, -0.2) is 4.79 Å². The molecule has 110 valence electrons. The molecule has 0 fully saturated rings. The quantitative estimate of drug-likeness (QED) is 0.621. The van der Waals surface area contributed by atoms with E-state index in [2.05, 4.69) is 10.4 Å². The van der Waals surface area contributed by atoms with Gasteiger partial charge in [0.1, 0.15) is 5.69 Å². The van der Waals surface area contributed by atoms with Crippen molar-refractivity contribution in [2.75, 3.05) is 11.9 Å². The molecule has 0 amide bonds. The van der Waals surface area contributed by atoms with E-state index in [-0.39, 0.29) is 16.9 Å². The van der Waals surface area contributed by atoms with Gasteiger partial charge in [-0.1, -0.05) is 0 Å². The molecule has 0 bridgehead atoms. The van der Waals surface area contributed by atoms with E-state index in [4.69, 9.17) is 5.11 Å². The highest BCUT2D eigenvalue weighted by molar-refractivity contribution is 5.89. The van der Waals surface area contributed by atoms with Crippen molar-refractivity contribution in [3.05, 3.63) is 51.8 Å². The van der Waals surface area contributed by atoms with Crippen LogP contribution in [0, 0.1) is 17.0 Å². The molecular weight excluding hydrogens is 276 g/mol. The minimum Gasteiger partial charge on any atom is -0.478 e. The second-order valence-corrected chi connectivity index (χ2v) is 4.50. The van der Waals surface area contributed by atoms with Crippen LogP contribution >= 0.6 is 0 Å². The number of nitro benzene ring substituents is 1. The number of nitrogens with zero attached hydrogens (tertiary/aromatic N) is 3. The molecule has 8 nitrogen and oxygen atoms in total. The average molecular weight is 290 g/mol. The van der Waals surface area contributed by atoms with Crippen molar-refractivity contribution < 1.29 is 14.8 Å². The molecule has 2 aromatic rings. The van der Waals surface area contributed by atoms with Crippen LogP contribution in [-0.4, -0.2) is 32.3 Å². The van der Waals surface area contributed by atoms with Crippen LogP contribution in [0.3, 0.4) is 0 Å². The smallest absolute Gasteiger partial charge is 0.335 e. The molecule has 2 N–H and O–H groups in total. The third-order valence-corrected chi connectivity index (χ3v) is 2.86. The summed E-state index contributed by atoms with van der Waals surface area (Å²) >= 11 is 0. The maximum Gasteiger partial charge on any atom is 0.335 e. The van der Waals surface area contributed by atoms with E-state index in [0.29, 0.717) is 13.1 Å². The fraction of sp³-hybridized carbons (Fsp3) is 0.231. The number of carboxylic acid groups (broad SMARTS) is 1. The van der Waals surface area contributed by atoms with Crippen LogP contribution < -0.4 is 5.32 Å². The summed E-state index contributed by atoms with van der Waals surface area (Å²) < 4.78 is 1.72. The fourth-order valence-corrected chi connectivity index (χ4v) is 1.86. The third kappa shape index (κ3) is 3.56. The summed E-state index contributed by atoms with van der Waals surface area (Å²) in [5, 5.41) is 26.9. The van der Waals surface area contributed by atoms with Crippen LogP contribution in [0.1, 0.15) is 15.9 Å². The lowest BCUT2D eigenvalue weighted by atomic mass is 10.1. The van der Waals surface area contributed by atoms with Gasteiger partial charge in [-0.3, -0.25) is 14.8 Å².